The van der Waals surface area contributed by atoms with Gasteiger partial charge in [0.15, 0.2) is 6.10 Å². The van der Waals surface area contributed by atoms with Crippen LogP contribution >= 0.6 is 0 Å². The minimum Gasteiger partial charge on any atom is -0.449 e. The second-order valence-electron chi connectivity index (χ2n) is 5.14. The maximum Gasteiger partial charge on any atom is 0.338 e. The average Bonchev–Trinajstić information content (AvgIpc) is 2.60. The van der Waals surface area contributed by atoms with Crippen molar-refractivity contribution in [1.82, 2.24) is 0 Å². The lowest BCUT2D eigenvalue weighted by molar-refractivity contribution is -0.124. The minimum absolute atomic E-state index is 0.315. The van der Waals surface area contributed by atoms with E-state index in [0.29, 0.717) is 22.6 Å². The molecular weight excluding hydrogens is 326 g/mol. The van der Waals surface area contributed by atoms with Crippen LogP contribution in [0.1, 0.15) is 23.7 Å². The van der Waals surface area contributed by atoms with Gasteiger partial charge >= 0.3 is 5.97 Å². The van der Waals surface area contributed by atoms with Gasteiger partial charge in [0.2, 0.25) is 0 Å². The molecule has 24 heavy (non-hydrogen) atoms. The summed E-state index contributed by atoms with van der Waals surface area (Å²) < 4.78 is 16.6. The van der Waals surface area contributed by atoms with Gasteiger partial charge in [0.05, 0.1) is 5.56 Å². The van der Waals surface area contributed by atoms with Gasteiger partial charge in [0.25, 0.3) is 5.91 Å². The van der Waals surface area contributed by atoms with Gasteiger partial charge in [-0.25, -0.2) is 4.79 Å². The normalized spacial score (nSPS) is 12.9. The van der Waals surface area contributed by atoms with E-state index in [1.54, 1.807) is 49.6 Å². The van der Waals surface area contributed by atoms with Crippen molar-refractivity contribution < 1.29 is 18.5 Å². The van der Waals surface area contributed by atoms with Crippen LogP contribution < -0.4 is 5.32 Å². The first-order valence-corrected chi connectivity index (χ1v) is 9.07. The lowest BCUT2D eigenvalue weighted by atomic mass is 10.2. The van der Waals surface area contributed by atoms with Crippen molar-refractivity contribution in [1.29, 1.82) is 0 Å². The van der Waals surface area contributed by atoms with Crippen LogP contribution in [0.15, 0.2) is 59.5 Å². The molecule has 0 aromatic heterocycles. The van der Waals surface area contributed by atoms with Crippen LogP contribution in [0.2, 0.25) is 0 Å². The Balaban J connectivity index is 2.02. The van der Waals surface area contributed by atoms with E-state index in [4.69, 9.17) is 4.74 Å². The third kappa shape index (κ3) is 4.76. The van der Waals surface area contributed by atoms with E-state index in [1.165, 1.54) is 0 Å². The molecule has 0 spiro atoms. The minimum atomic E-state index is -1.11. The number of carbonyl (C=O) groups is 2. The molecule has 0 aliphatic carbocycles. The Morgan fingerprint density at radius 1 is 1.08 bits per heavy atom. The highest BCUT2D eigenvalue weighted by Gasteiger charge is 2.22. The Bertz CT molecular complexity index is 728. The highest BCUT2D eigenvalue weighted by molar-refractivity contribution is 7.84. The van der Waals surface area contributed by atoms with Crippen LogP contribution in [-0.2, 0) is 20.3 Å². The number of para-hydroxylation sites is 1. The van der Waals surface area contributed by atoms with Crippen LogP contribution in [0.25, 0.3) is 0 Å². The fraction of sp³-hybridized carbons (Fsp3) is 0.222. The molecule has 0 saturated heterocycles. The largest absolute Gasteiger partial charge is 0.449 e. The number of anilines is 1. The summed E-state index contributed by atoms with van der Waals surface area (Å²) >= 11 is 0. The Morgan fingerprint density at radius 3 is 2.25 bits per heavy atom. The zero-order valence-corrected chi connectivity index (χ0v) is 14.3. The third-order valence-corrected chi connectivity index (χ3v) is 4.31. The standard InChI is InChI=1S/C18H19NO4S/c1-3-16(17(20)19-14-7-5-4-6-8-14)23-18(21)13-9-11-15(12-10-13)24(2)22/h4-12,16H,3H2,1-2H3,(H,19,20). The molecule has 126 valence electrons. The first-order chi connectivity index (χ1) is 11.5. The Hall–Kier alpha value is -2.47. The van der Waals surface area contributed by atoms with E-state index in [1.807, 2.05) is 18.2 Å². The summed E-state index contributed by atoms with van der Waals surface area (Å²) in [5.74, 6) is -0.957. The van der Waals surface area contributed by atoms with Gasteiger partial charge in [-0.2, -0.15) is 0 Å². The summed E-state index contributed by atoms with van der Waals surface area (Å²) in [6.45, 7) is 1.77. The van der Waals surface area contributed by atoms with E-state index in [2.05, 4.69) is 5.32 Å². The van der Waals surface area contributed by atoms with Crippen LogP contribution in [0.5, 0.6) is 0 Å². The lowest BCUT2D eigenvalue weighted by Gasteiger charge is -2.16. The van der Waals surface area contributed by atoms with E-state index in [9.17, 15) is 13.8 Å². The molecule has 6 heteroatoms. The van der Waals surface area contributed by atoms with Crippen molar-refractivity contribution in [3.8, 4) is 0 Å². The first-order valence-electron chi connectivity index (χ1n) is 7.51. The van der Waals surface area contributed by atoms with Crippen LogP contribution in [0, 0.1) is 0 Å². The molecule has 0 saturated carbocycles. The molecule has 0 fully saturated rings. The predicted molar refractivity (Wildman–Crippen MR) is 93.3 cm³/mol. The van der Waals surface area contributed by atoms with E-state index in [0.717, 1.165) is 0 Å². The van der Waals surface area contributed by atoms with Crippen LogP contribution in [0.4, 0.5) is 5.69 Å². The molecule has 2 aromatic carbocycles. The molecule has 1 amide bonds. The number of carbonyl (C=O) groups excluding carboxylic acids is 2. The fourth-order valence-electron chi connectivity index (χ4n) is 2.05. The number of rotatable bonds is 6. The Morgan fingerprint density at radius 2 is 1.71 bits per heavy atom. The lowest BCUT2D eigenvalue weighted by Crippen LogP contribution is -2.32. The molecule has 2 rings (SSSR count). The van der Waals surface area contributed by atoms with Gasteiger partial charge in [-0.3, -0.25) is 9.00 Å². The van der Waals surface area contributed by atoms with Gasteiger partial charge in [0.1, 0.15) is 0 Å². The smallest absolute Gasteiger partial charge is 0.338 e. The van der Waals surface area contributed by atoms with E-state index >= 15 is 0 Å². The predicted octanol–water partition coefficient (Wildman–Crippen LogP) is 3.00. The van der Waals surface area contributed by atoms with E-state index in [-0.39, 0.29) is 5.91 Å². The summed E-state index contributed by atoms with van der Waals surface area (Å²) in [5.41, 5.74) is 0.960. The molecule has 1 N–H and O–H groups in total. The number of hydrogen-bond donors (Lipinski definition) is 1. The molecule has 5 nitrogen and oxygen atoms in total. The highest BCUT2D eigenvalue weighted by Crippen LogP contribution is 2.13. The zero-order valence-electron chi connectivity index (χ0n) is 13.5. The van der Waals surface area contributed by atoms with Crippen molar-refractivity contribution in [3.05, 3.63) is 60.2 Å². The second-order valence-corrected chi connectivity index (χ2v) is 6.52. The van der Waals surface area contributed by atoms with Crippen molar-refractivity contribution in [2.24, 2.45) is 0 Å². The maximum atomic E-state index is 12.2. The molecule has 2 unspecified atom stereocenters. The van der Waals surface area contributed by atoms with Gasteiger partial charge in [0, 0.05) is 27.6 Å². The quantitative estimate of drug-likeness (QED) is 0.817. The molecule has 2 atom stereocenters. The highest BCUT2D eigenvalue weighted by atomic mass is 32.2. The third-order valence-electron chi connectivity index (χ3n) is 3.38. The summed E-state index contributed by atoms with van der Waals surface area (Å²) in [5, 5.41) is 2.72. The number of esters is 1. The molecule has 0 aliphatic heterocycles. The summed E-state index contributed by atoms with van der Waals surface area (Å²) in [7, 11) is -1.11. The first kappa shape index (κ1) is 17.9. The monoisotopic (exact) mass is 345 g/mol. The number of nitrogens with one attached hydrogen (secondary N) is 1. The topological polar surface area (TPSA) is 72.5 Å². The molecule has 0 heterocycles. The number of amides is 1. The van der Waals surface area contributed by atoms with Gasteiger partial charge in [-0.1, -0.05) is 25.1 Å². The zero-order chi connectivity index (χ0) is 17.5. The Kier molecular flexibility index (Phi) is 6.26. The molecule has 0 radical (unpaired) electrons. The van der Waals surface area contributed by atoms with Crippen molar-refractivity contribution in [3.63, 3.8) is 0 Å². The average molecular weight is 345 g/mol. The van der Waals surface area contributed by atoms with Gasteiger partial charge in [-0.15, -0.1) is 0 Å². The summed E-state index contributed by atoms with van der Waals surface area (Å²) in [4.78, 5) is 25.0. The molecule has 0 aliphatic rings. The number of hydrogen-bond acceptors (Lipinski definition) is 4. The van der Waals surface area contributed by atoms with Crippen LogP contribution in [0.3, 0.4) is 0 Å². The molecular formula is C18H19NO4S. The van der Waals surface area contributed by atoms with Crippen LogP contribution in [-0.4, -0.2) is 28.4 Å². The van der Waals surface area contributed by atoms with Crippen molar-refractivity contribution >= 4 is 28.4 Å². The van der Waals surface area contributed by atoms with E-state index < -0.39 is 22.9 Å². The number of ether oxygens (including phenoxy) is 1. The fourth-order valence-corrected chi connectivity index (χ4v) is 2.57. The Labute approximate surface area is 143 Å². The maximum absolute atomic E-state index is 12.2. The van der Waals surface area contributed by atoms with Crippen molar-refractivity contribution in [2.75, 3.05) is 11.6 Å². The summed E-state index contributed by atoms with van der Waals surface area (Å²) in [6, 6.07) is 15.3. The van der Waals surface area contributed by atoms with Gasteiger partial charge in [-0.05, 0) is 42.8 Å². The summed E-state index contributed by atoms with van der Waals surface area (Å²) in [6.07, 6.45) is 1.05. The molecule has 2 aromatic rings. The SMILES string of the molecule is CCC(OC(=O)c1ccc(S(C)=O)cc1)C(=O)Nc1ccccc1. The second kappa shape index (κ2) is 8.40. The number of benzene rings is 2. The molecule has 0 bridgehead atoms. The van der Waals surface area contributed by atoms with Gasteiger partial charge < -0.3 is 10.1 Å². The van der Waals surface area contributed by atoms with Crippen molar-refractivity contribution in [2.45, 2.75) is 24.3 Å².